The minimum Gasteiger partial charge on any atom is -0.423 e. The number of esters is 1. The van der Waals surface area contributed by atoms with Gasteiger partial charge < -0.3 is 10.5 Å². The van der Waals surface area contributed by atoms with Crippen molar-refractivity contribution in [3.8, 4) is 33.5 Å². The molecule has 0 aliphatic carbocycles. The topological polar surface area (TPSA) is 89.0 Å². The molecule has 31 heavy (non-hydrogen) atoms. The molecule has 2 N–H and O–H groups in total. The Hall–Kier alpha value is -4.21. The summed E-state index contributed by atoms with van der Waals surface area (Å²) in [6.07, 6.45) is 3.08. The number of carbonyl (C=O) groups excluding carboxylic acids is 1. The predicted molar refractivity (Wildman–Crippen MR) is 123 cm³/mol. The highest BCUT2D eigenvalue weighted by molar-refractivity contribution is 7.13. The fraction of sp³-hybridized carbons (Fsp3) is 0. The number of nitrogens with two attached hydrogens (primary N) is 1. The molecule has 0 aliphatic heterocycles. The second-order valence-corrected chi connectivity index (χ2v) is 7.54. The van der Waals surface area contributed by atoms with E-state index in [2.05, 4.69) is 11.1 Å². The number of nitrogen functional groups attached to an aromatic ring is 1. The Labute approximate surface area is 183 Å². The van der Waals surface area contributed by atoms with Crippen LogP contribution in [0.1, 0.15) is 11.1 Å². The number of pyridine rings is 1. The number of hydrogen-bond acceptors (Lipinski definition) is 6. The van der Waals surface area contributed by atoms with Crippen LogP contribution in [-0.4, -0.2) is 11.0 Å². The molecular formula is C25H17N3O2S. The lowest BCUT2D eigenvalue weighted by molar-refractivity contribution is -0.128. The lowest BCUT2D eigenvalue weighted by atomic mass is 10.00. The molecular weight excluding hydrogens is 406 g/mol. The molecule has 0 radical (unpaired) electrons. The predicted octanol–water partition coefficient (Wildman–Crippen LogP) is 5.55. The van der Waals surface area contributed by atoms with Gasteiger partial charge in [-0.25, -0.2) is 9.78 Å². The number of rotatable bonds is 5. The third kappa shape index (κ3) is 4.69. The third-order valence-electron chi connectivity index (χ3n) is 4.53. The fourth-order valence-corrected chi connectivity index (χ4v) is 3.73. The smallest absolute Gasteiger partial charge is 0.336 e. The van der Waals surface area contributed by atoms with Crippen molar-refractivity contribution < 1.29 is 9.53 Å². The van der Waals surface area contributed by atoms with Crippen molar-refractivity contribution >= 4 is 29.2 Å². The second-order valence-electron chi connectivity index (χ2n) is 6.59. The summed E-state index contributed by atoms with van der Waals surface area (Å²) in [7, 11) is 0. The van der Waals surface area contributed by atoms with Crippen molar-refractivity contribution in [3.05, 3.63) is 95.4 Å². The number of ether oxygens (including phenoxy) is 1. The maximum Gasteiger partial charge on any atom is 0.336 e. The number of nitrogens with zero attached hydrogens (tertiary/aromatic N) is 2. The zero-order chi connectivity index (χ0) is 21.6. The van der Waals surface area contributed by atoms with Crippen LogP contribution in [0, 0.1) is 11.3 Å². The maximum absolute atomic E-state index is 12.1. The monoisotopic (exact) mass is 423 g/mol. The molecule has 0 fully saturated rings. The van der Waals surface area contributed by atoms with Gasteiger partial charge in [-0.2, -0.15) is 5.26 Å². The van der Waals surface area contributed by atoms with Crippen molar-refractivity contribution in [3.63, 3.8) is 0 Å². The summed E-state index contributed by atoms with van der Waals surface area (Å²) >= 11 is 1.55. The molecule has 5 nitrogen and oxygen atoms in total. The van der Waals surface area contributed by atoms with E-state index in [0.29, 0.717) is 22.6 Å². The number of anilines is 1. The Balaban J connectivity index is 1.56. The number of hydrogen-bond donors (Lipinski definition) is 1. The standard InChI is InChI=1S/C25H17N3O2S/c26-16-21-20(15-22(28-25(21)27)23-7-4-14-31-23)18-9-11-19(12-10-18)30-24(29)13-8-17-5-2-1-3-6-17/h1-15H,(H2,27,28)/b13-8-. The van der Waals surface area contributed by atoms with Gasteiger partial charge in [-0.05, 0) is 46.8 Å². The number of aromatic nitrogens is 1. The van der Waals surface area contributed by atoms with Gasteiger partial charge in [0.1, 0.15) is 23.2 Å². The average Bonchev–Trinajstić information content (AvgIpc) is 3.33. The zero-order valence-corrected chi connectivity index (χ0v) is 17.2. The first-order valence-corrected chi connectivity index (χ1v) is 10.3. The van der Waals surface area contributed by atoms with Gasteiger partial charge in [0.25, 0.3) is 0 Å². The van der Waals surface area contributed by atoms with E-state index >= 15 is 0 Å². The molecule has 6 heteroatoms. The van der Waals surface area contributed by atoms with E-state index in [0.717, 1.165) is 16.0 Å². The molecule has 0 bridgehead atoms. The normalized spacial score (nSPS) is 10.7. The summed E-state index contributed by atoms with van der Waals surface area (Å²) in [5, 5.41) is 11.5. The first kappa shape index (κ1) is 20.1. The number of carbonyl (C=O) groups is 1. The van der Waals surface area contributed by atoms with Crippen LogP contribution in [0.15, 0.2) is 84.3 Å². The first-order chi connectivity index (χ1) is 15.1. The second kappa shape index (κ2) is 9.08. The van der Waals surface area contributed by atoms with Crippen LogP contribution in [-0.2, 0) is 4.79 Å². The van der Waals surface area contributed by atoms with Gasteiger partial charge >= 0.3 is 5.97 Å². The largest absolute Gasteiger partial charge is 0.423 e. The number of nitriles is 1. The molecule has 4 rings (SSSR count). The average molecular weight is 423 g/mol. The highest BCUT2D eigenvalue weighted by Crippen LogP contribution is 2.33. The van der Waals surface area contributed by atoms with Gasteiger partial charge in [-0.1, -0.05) is 48.5 Å². The van der Waals surface area contributed by atoms with Crippen molar-refractivity contribution in [2.45, 2.75) is 0 Å². The van der Waals surface area contributed by atoms with Crippen LogP contribution in [0.5, 0.6) is 5.75 Å². The Morgan fingerprint density at radius 2 is 1.84 bits per heavy atom. The van der Waals surface area contributed by atoms with Gasteiger partial charge in [0.15, 0.2) is 0 Å². The molecule has 0 aliphatic rings. The molecule has 150 valence electrons. The van der Waals surface area contributed by atoms with Gasteiger partial charge in [0.05, 0.1) is 10.6 Å². The summed E-state index contributed by atoms with van der Waals surface area (Å²) in [5.41, 5.74) is 9.45. The van der Waals surface area contributed by atoms with Gasteiger partial charge in [0, 0.05) is 11.6 Å². The van der Waals surface area contributed by atoms with Gasteiger partial charge in [0.2, 0.25) is 0 Å². The molecule has 0 unspecified atom stereocenters. The fourth-order valence-electron chi connectivity index (χ4n) is 3.04. The lowest BCUT2D eigenvalue weighted by Gasteiger charge is -2.10. The van der Waals surface area contributed by atoms with Crippen LogP contribution < -0.4 is 10.5 Å². The summed E-state index contributed by atoms with van der Waals surface area (Å²) in [6.45, 7) is 0. The Morgan fingerprint density at radius 3 is 2.52 bits per heavy atom. The quantitative estimate of drug-likeness (QED) is 0.258. The highest BCUT2D eigenvalue weighted by atomic mass is 32.1. The highest BCUT2D eigenvalue weighted by Gasteiger charge is 2.14. The first-order valence-electron chi connectivity index (χ1n) is 9.44. The summed E-state index contributed by atoms with van der Waals surface area (Å²) < 4.78 is 5.36. The van der Waals surface area contributed by atoms with E-state index in [-0.39, 0.29) is 5.82 Å². The van der Waals surface area contributed by atoms with Crippen molar-refractivity contribution in [1.29, 1.82) is 5.26 Å². The Bertz CT molecular complexity index is 1270. The number of benzene rings is 2. The van der Waals surface area contributed by atoms with E-state index in [1.54, 1.807) is 41.7 Å². The van der Waals surface area contributed by atoms with E-state index in [9.17, 15) is 10.1 Å². The van der Waals surface area contributed by atoms with Crippen molar-refractivity contribution in [2.75, 3.05) is 5.73 Å². The summed E-state index contributed by atoms with van der Waals surface area (Å²) in [4.78, 5) is 17.4. The minimum atomic E-state index is -0.470. The van der Waals surface area contributed by atoms with E-state index in [1.807, 2.05) is 53.9 Å². The molecule has 0 spiro atoms. The molecule has 0 saturated carbocycles. The van der Waals surface area contributed by atoms with Crippen LogP contribution in [0.25, 0.3) is 27.8 Å². The molecule has 0 saturated heterocycles. The molecule has 2 heterocycles. The van der Waals surface area contributed by atoms with Gasteiger partial charge in [-0.3, -0.25) is 0 Å². The minimum absolute atomic E-state index is 0.185. The van der Waals surface area contributed by atoms with E-state index < -0.39 is 5.97 Å². The Morgan fingerprint density at radius 1 is 1.06 bits per heavy atom. The maximum atomic E-state index is 12.1. The SMILES string of the molecule is N#Cc1c(-c2ccc(OC(=O)/C=C\c3ccccc3)cc2)cc(-c2cccs2)nc1N. The third-order valence-corrected chi connectivity index (χ3v) is 5.42. The van der Waals surface area contributed by atoms with Crippen molar-refractivity contribution in [1.82, 2.24) is 4.98 Å². The molecule has 0 atom stereocenters. The van der Waals surface area contributed by atoms with E-state index in [1.165, 1.54) is 6.08 Å². The van der Waals surface area contributed by atoms with Crippen LogP contribution in [0.3, 0.4) is 0 Å². The van der Waals surface area contributed by atoms with Crippen molar-refractivity contribution in [2.24, 2.45) is 0 Å². The molecule has 2 aromatic heterocycles. The molecule has 2 aromatic carbocycles. The molecule has 4 aromatic rings. The van der Waals surface area contributed by atoms with E-state index in [4.69, 9.17) is 10.5 Å². The number of thiophene rings is 1. The summed E-state index contributed by atoms with van der Waals surface area (Å²) in [6, 6.07) is 24.3. The van der Waals surface area contributed by atoms with Crippen LogP contribution in [0.4, 0.5) is 5.82 Å². The van der Waals surface area contributed by atoms with Crippen LogP contribution >= 0.6 is 11.3 Å². The van der Waals surface area contributed by atoms with Crippen LogP contribution in [0.2, 0.25) is 0 Å². The zero-order valence-electron chi connectivity index (χ0n) is 16.4. The van der Waals surface area contributed by atoms with Gasteiger partial charge in [-0.15, -0.1) is 11.3 Å². The summed E-state index contributed by atoms with van der Waals surface area (Å²) in [5.74, 6) is 0.123. The Kier molecular flexibility index (Phi) is 5.88. The lowest BCUT2D eigenvalue weighted by Crippen LogP contribution is -2.03. The molecule has 0 amide bonds.